The average Bonchev–Trinajstić information content (AvgIpc) is 3.39. The summed E-state index contributed by atoms with van der Waals surface area (Å²) in [5, 5.41) is 7.64. The zero-order chi connectivity index (χ0) is 20.2. The Hall–Kier alpha value is -2.68. The number of nitrogens with one attached hydrogen (secondary N) is 1. The third kappa shape index (κ3) is 4.67. The lowest BCUT2D eigenvalue weighted by molar-refractivity contribution is -0.125. The summed E-state index contributed by atoms with van der Waals surface area (Å²) in [6, 6.07) is 9.19. The molecule has 1 aromatic heterocycles. The number of halogens is 1. The number of nitrogens with zero attached hydrogens (tertiary/aromatic N) is 3. The molecule has 2 atom stereocenters. The molecule has 0 bridgehead atoms. The number of fused-ring (bicyclic) bond motifs is 1. The van der Waals surface area contributed by atoms with E-state index in [-0.39, 0.29) is 18.6 Å². The van der Waals surface area contributed by atoms with Gasteiger partial charge in [-0.1, -0.05) is 23.4 Å². The molecule has 3 heterocycles. The van der Waals surface area contributed by atoms with Crippen molar-refractivity contribution >= 4 is 43.5 Å². The van der Waals surface area contributed by atoms with Gasteiger partial charge in [-0.25, -0.2) is 4.79 Å². The second-order valence-corrected chi connectivity index (χ2v) is 8.00. The van der Waals surface area contributed by atoms with E-state index in [1.807, 2.05) is 30.3 Å². The van der Waals surface area contributed by atoms with E-state index in [2.05, 4.69) is 31.4 Å². The number of oxime groups is 1. The fourth-order valence-corrected chi connectivity index (χ4v) is 3.96. The maximum absolute atomic E-state index is 12.6. The number of amides is 2. The number of carbonyl (C=O) groups excluding carboxylic acids is 2. The summed E-state index contributed by atoms with van der Waals surface area (Å²) in [6.07, 6.45) is 3.03. The van der Waals surface area contributed by atoms with Gasteiger partial charge in [-0.2, -0.15) is 0 Å². The predicted molar refractivity (Wildman–Crippen MR) is 111 cm³/mol. The van der Waals surface area contributed by atoms with Gasteiger partial charge in [-0.05, 0) is 40.9 Å². The number of pyridine rings is 1. The third-order valence-corrected chi connectivity index (χ3v) is 5.47. The molecule has 0 unspecified atom stereocenters. The molecule has 0 aliphatic carbocycles. The van der Waals surface area contributed by atoms with E-state index in [1.54, 1.807) is 6.20 Å². The topological polar surface area (TPSA) is 93.1 Å². The van der Waals surface area contributed by atoms with Crippen molar-refractivity contribution in [3.05, 3.63) is 42.1 Å². The molecule has 0 saturated carbocycles. The number of hydrogen-bond acceptors (Lipinski definition) is 6. The smallest absolute Gasteiger partial charge is 0.410 e. The molecule has 8 nitrogen and oxygen atoms in total. The summed E-state index contributed by atoms with van der Waals surface area (Å²) in [6.45, 7) is 0.962. The van der Waals surface area contributed by atoms with Gasteiger partial charge in [0, 0.05) is 30.1 Å². The molecular weight excluding hydrogens is 440 g/mol. The van der Waals surface area contributed by atoms with Crippen molar-refractivity contribution in [2.45, 2.75) is 38.0 Å². The number of benzene rings is 1. The minimum atomic E-state index is -0.525. The van der Waals surface area contributed by atoms with Crippen LogP contribution in [0.25, 0.3) is 10.9 Å². The molecule has 1 saturated heterocycles. The van der Waals surface area contributed by atoms with Crippen molar-refractivity contribution in [2.75, 3.05) is 13.1 Å². The zero-order valence-corrected chi connectivity index (χ0v) is 17.3. The van der Waals surface area contributed by atoms with Crippen LogP contribution in [0.5, 0.6) is 0 Å². The standard InChI is InChI=1S/C20H21BrN4O4/c21-18-9-15(29-24-18)11-23-19(26)17-6-3-7-25(17)20(27)28-12-13-8-14-4-1-2-5-16(14)22-10-13/h1-2,4-5,8,10,15,17H,3,6-7,9,11-12H2,(H,23,26)/t15-,17-/m0/s1. The molecule has 2 aliphatic heterocycles. The summed E-state index contributed by atoms with van der Waals surface area (Å²) in [5.74, 6) is -0.196. The largest absolute Gasteiger partial charge is 0.444 e. The minimum absolute atomic E-state index is 0.114. The average molecular weight is 461 g/mol. The number of para-hydroxylation sites is 1. The Balaban J connectivity index is 1.30. The van der Waals surface area contributed by atoms with E-state index >= 15 is 0 Å². The fourth-order valence-electron chi connectivity index (χ4n) is 3.52. The van der Waals surface area contributed by atoms with Crippen LogP contribution < -0.4 is 5.32 Å². The molecule has 2 aliphatic rings. The summed E-state index contributed by atoms with van der Waals surface area (Å²) >= 11 is 3.27. The van der Waals surface area contributed by atoms with Gasteiger partial charge in [0.15, 0.2) is 6.10 Å². The van der Waals surface area contributed by atoms with Gasteiger partial charge in [-0.3, -0.25) is 14.7 Å². The molecule has 29 heavy (non-hydrogen) atoms. The van der Waals surface area contributed by atoms with Crippen LogP contribution in [-0.4, -0.2) is 51.7 Å². The highest BCUT2D eigenvalue weighted by molar-refractivity contribution is 9.18. The number of carbonyl (C=O) groups is 2. The van der Waals surface area contributed by atoms with Crippen LogP contribution in [0.2, 0.25) is 0 Å². The first-order valence-corrected chi connectivity index (χ1v) is 10.3. The highest BCUT2D eigenvalue weighted by atomic mass is 79.9. The van der Waals surface area contributed by atoms with Gasteiger partial charge in [-0.15, -0.1) is 0 Å². The first kappa shape index (κ1) is 19.6. The SMILES string of the molecule is O=C(NC[C@@H]1CC(Br)=NO1)[C@@H]1CCCN1C(=O)OCc1cnc2ccccc2c1. The Morgan fingerprint density at radius 1 is 1.34 bits per heavy atom. The van der Waals surface area contributed by atoms with Crippen LogP contribution in [0, 0.1) is 0 Å². The van der Waals surface area contributed by atoms with E-state index in [9.17, 15) is 9.59 Å². The lowest BCUT2D eigenvalue weighted by Crippen LogP contribution is -2.47. The van der Waals surface area contributed by atoms with E-state index in [0.717, 1.165) is 27.5 Å². The third-order valence-electron chi connectivity index (χ3n) is 5.00. The van der Waals surface area contributed by atoms with Gasteiger partial charge < -0.3 is 14.9 Å². The summed E-state index contributed by atoms with van der Waals surface area (Å²) in [7, 11) is 0. The minimum Gasteiger partial charge on any atom is -0.444 e. The predicted octanol–water partition coefficient (Wildman–Crippen LogP) is 2.95. The maximum Gasteiger partial charge on any atom is 0.410 e. The molecule has 1 N–H and O–H groups in total. The molecule has 1 fully saturated rings. The number of likely N-dealkylation sites (tertiary alicyclic amines) is 1. The highest BCUT2D eigenvalue weighted by Gasteiger charge is 2.35. The molecule has 9 heteroatoms. The summed E-state index contributed by atoms with van der Waals surface area (Å²) < 4.78 is 6.18. The second kappa shape index (κ2) is 8.77. The zero-order valence-electron chi connectivity index (χ0n) is 15.7. The van der Waals surface area contributed by atoms with Gasteiger partial charge in [0.05, 0.1) is 12.1 Å². The molecule has 0 radical (unpaired) electrons. The maximum atomic E-state index is 12.6. The fraction of sp³-hybridized carbons (Fsp3) is 0.400. The number of hydrogen-bond donors (Lipinski definition) is 1. The highest BCUT2D eigenvalue weighted by Crippen LogP contribution is 2.20. The summed E-state index contributed by atoms with van der Waals surface area (Å²) in [4.78, 5) is 36.1. The monoisotopic (exact) mass is 460 g/mol. The molecule has 0 spiro atoms. The molecule has 2 aromatic rings. The van der Waals surface area contributed by atoms with Crippen molar-refractivity contribution in [3.8, 4) is 0 Å². The number of aromatic nitrogens is 1. The van der Waals surface area contributed by atoms with E-state index < -0.39 is 12.1 Å². The van der Waals surface area contributed by atoms with E-state index in [1.165, 1.54) is 4.90 Å². The number of ether oxygens (including phenoxy) is 1. The van der Waals surface area contributed by atoms with Crippen LogP contribution in [-0.2, 0) is 21.0 Å². The summed E-state index contributed by atoms with van der Waals surface area (Å²) in [5.41, 5.74) is 1.70. The molecule has 1 aromatic carbocycles. The van der Waals surface area contributed by atoms with Crippen molar-refractivity contribution < 1.29 is 19.2 Å². The molecule has 2 amide bonds. The van der Waals surface area contributed by atoms with Crippen LogP contribution in [0.15, 0.2) is 41.7 Å². The quantitative estimate of drug-likeness (QED) is 0.739. The van der Waals surface area contributed by atoms with Gasteiger partial charge in [0.1, 0.15) is 17.3 Å². The van der Waals surface area contributed by atoms with E-state index in [4.69, 9.17) is 9.57 Å². The van der Waals surface area contributed by atoms with Gasteiger partial charge in [0.25, 0.3) is 0 Å². The molecule has 152 valence electrons. The van der Waals surface area contributed by atoms with Crippen molar-refractivity contribution in [1.82, 2.24) is 15.2 Å². The normalized spacial score (nSPS) is 21.0. The Labute approximate surface area is 176 Å². The van der Waals surface area contributed by atoms with Gasteiger partial charge >= 0.3 is 6.09 Å². The molecular formula is C20H21BrN4O4. The van der Waals surface area contributed by atoms with Gasteiger partial charge in [0.2, 0.25) is 5.91 Å². The van der Waals surface area contributed by atoms with Crippen molar-refractivity contribution in [1.29, 1.82) is 0 Å². The lowest BCUT2D eigenvalue weighted by atomic mass is 10.2. The Morgan fingerprint density at radius 3 is 3.03 bits per heavy atom. The first-order chi connectivity index (χ1) is 14.1. The van der Waals surface area contributed by atoms with Crippen LogP contribution in [0.4, 0.5) is 4.79 Å². The first-order valence-electron chi connectivity index (χ1n) is 9.53. The Kier molecular flexibility index (Phi) is 5.94. The Bertz CT molecular complexity index is 951. The van der Waals surface area contributed by atoms with Crippen LogP contribution in [0.3, 0.4) is 0 Å². The van der Waals surface area contributed by atoms with Crippen LogP contribution >= 0.6 is 15.9 Å². The Morgan fingerprint density at radius 2 is 2.21 bits per heavy atom. The van der Waals surface area contributed by atoms with Crippen LogP contribution in [0.1, 0.15) is 24.8 Å². The lowest BCUT2D eigenvalue weighted by Gasteiger charge is -2.23. The van der Waals surface area contributed by atoms with E-state index in [0.29, 0.717) is 25.9 Å². The van der Waals surface area contributed by atoms with Crippen molar-refractivity contribution in [3.63, 3.8) is 0 Å². The second-order valence-electron chi connectivity index (χ2n) is 7.09. The number of rotatable bonds is 5. The molecule has 4 rings (SSSR count). The van der Waals surface area contributed by atoms with Crippen molar-refractivity contribution in [2.24, 2.45) is 5.16 Å².